The van der Waals surface area contributed by atoms with Crippen molar-refractivity contribution in [1.29, 1.82) is 0 Å². The molecule has 1 amide bonds. The number of amides is 1. The highest BCUT2D eigenvalue weighted by Gasteiger charge is 2.23. The quantitative estimate of drug-likeness (QED) is 0.582. The van der Waals surface area contributed by atoms with E-state index in [9.17, 15) is 4.79 Å². The number of hydrogen-bond acceptors (Lipinski definition) is 2. The third-order valence-corrected chi connectivity index (χ3v) is 5.19. The standard InChI is InChI=1S/C21H34N4O/c1-4-23-21(24-13-10-17(2)19-8-6-5-7-9-19)25-14-11-18(12-15-25)16-20(26)22-3/h5-9,17-18H,4,10-16H2,1-3H3,(H,22,26)(H,23,24). The summed E-state index contributed by atoms with van der Waals surface area (Å²) in [6.45, 7) is 8.04. The van der Waals surface area contributed by atoms with E-state index in [4.69, 9.17) is 4.99 Å². The van der Waals surface area contributed by atoms with Gasteiger partial charge in [-0.15, -0.1) is 0 Å². The molecule has 5 heteroatoms. The third-order valence-electron chi connectivity index (χ3n) is 5.19. The lowest BCUT2D eigenvalue weighted by atomic mass is 9.93. The first-order chi connectivity index (χ1) is 12.6. The summed E-state index contributed by atoms with van der Waals surface area (Å²) in [5.41, 5.74) is 1.38. The Labute approximate surface area is 158 Å². The van der Waals surface area contributed by atoms with Crippen LogP contribution in [0.25, 0.3) is 0 Å². The monoisotopic (exact) mass is 358 g/mol. The Bertz CT molecular complexity index is 565. The zero-order valence-corrected chi connectivity index (χ0v) is 16.5. The van der Waals surface area contributed by atoms with Gasteiger partial charge in [0.2, 0.25) is 5.91 Å². The minimum absolute atomic E-state index is 0.152. The predicted molar refractivity (Wildman–Crippen MR) is 108 cm³/mol. The van der Waals surface area contributed by atoms with Crippen molar-refractivity contribution in [3.05, 3.63) is 35.9 Å². The molecule has 1 unspecified atom stereocenters. The summed E-state index contributed by atoms with van der Waals surface area (Å²) in [5.74, 6) is 2.18. The lowest BCUT2D eigenvalue weighted by molar-refractivity contribution is -0.121. The largest absolute Gasteiger partial charge is 0.359 e. The molecule has 0 aliphatic carbocycles. The Balaban J connectivity index is 1.84. The molecule has 26 heavy (non-hydrogen) atoms. The van der Waals surface area contributed by atoms with Gasteiger partial charge in [-0.3, -0.25) is 9.79 Å². The number of nitrogens with one attached hydrogen (secondary N) is 2. The zero-order valence-electron chi connectivity index (χ0n) is 16.5. The maximum Gasteiger partial charge on any atom is 0.220 e. The number of rotatable bonds is 7. The molecule has 1 saturated heterocycles. The van der Waals surface area contributed by atoms with Gasteiger partial charge in [-0.25, -0.2) is 0 Å². The predicted octanol–water partition coefficient (Wildman–Crippen LogP) is 2.99. The van der Waals surface area contributed by atoms with Crippen molar-refractivity contribution < 1.29 is 4.79 Å². The minimum atomic E-state index is 0.152. The minimum Gasteiger partial charge on any atom is -0.359 e. The normalized spacial score (nSPS) is 17.0. The van der Waals surface area contributed by atoms with Crippen LogP contribution in [0.4, 0.5) is 0 Å². The second-order valence-electron chi connectivity index (χ2n) is 7.14. The van der Waals surface area contributed by atoms with Gasteiger partial charge in [0, 0.05) is 39.6 Å². The van der Waals surface area contributed by atoms with E-state index in [1.807, 2.05) is 0 Å². The molecule has 1 aromatic rings. The van der Waals surface area contributed by atoms with Gasteiger partial charge in [-0.1, -0.05) is 37.3 Å². The van der Waals surface area contributed by atoms with Crippen LogP contribution in [0.1, 0.15) is 51.0 Å². The molecule has 0 bridgehead atoms. The number of nitrogens with zero attached hydrogens (tertiary/aromatic N) is 2. The van der Waals surface area contributed by atoms with E-state index < -0.39 is 0 Å². The zero-order chi connectivity index (χ0) is 18.8. The van der Waals surface area contributed by atoms with E-state index in [0.717, 1.165) is 51.4 Å². The highest BCUT2D eigenvalue weighted by atomic mass is 16.1. The number of likely N-dealkylation sites (tertiary alicyclic amines) is 1. The molecular weight excluding hydrogens is 324 g/mol. The Kier molecular flexibility index (Phi) is 8.45. The van der Waals surface area contributed by atoms with Gasteiger partial charge in [-0.05, 0) is 43.6 Å². The van der Waals surface area contributed by atoms with Crippen LogP contribution in [0.15, 0.2) is 35.3 Å². The van der Waals surface area contributed by atoms with Gasteiger partial charge in [0.1, 0.15) is 0 Å². The number of benzene rings is 1. The molecule has 2 rings (SSSR count). The first-order valence-electron chi connectivity index (χ1n) is 9.92. The van der Waals surface area contributed by atoms with Crippen molar-refractivity contribution >= 4 is 11.9 Å². The van der Waals surface area contributed by atoms with Gasteiger partial charge in [0.15, 0.2) is 5.96 Å². The second-order valence-corrected chi connectivity index (χ2v) is 7.14. The molecule has 0 aromatic heterocycles. The van der Waals surface area contributed by atoms with Crippen LogP contribution in [0.3, 0.4) is 0 Å². The van der Waals surface area contributed by atoms with Gasteiger partial charge >= 0.3 is 0 Å². The van der Waals surface area contributed by atoms with E-state index in [1.165, 1.54) is 5.56 Å². The van der Waals surface area contributed by atoms with Crippen molar-refractivity contribution in [2.75, 3.05) is 33.2 Å². The lowest BCUT2D eigenvalue weighted by Crippen LogP contribution is -2.46. The molecule has 0 spiro atoms. The van der Waals surface area contributed by atoms with Crippen LogP contribution in [0.2, 0.25) is 0 Å². The molecule has 5 nitrogen and oxygen atoms in total. The molecule has 1 aliphatic rings. The summed E-state index contributed by atoms with van der Waals surface area (Å²) in [6.07, 6.45) is 3.80. The van der Waals surface area contributed by atoms with Gasteiger partial charge in [0.25, 0.3) is 0 Å². The summed E-state index contributed by atoms with van der Waals surface area (Å²) in [6, 6.07) is 10.6. The highest BCUT2D eigenvalue weighted by molar-refractivity contribution is 5.80. The summed E-state index contributed by atoms with van der Waals surface area (Å²) < 4.78 is 0. The van der Waals surface area contributed by atoms with Crippen molar-refractivity contribution in [1.82, 2.24) is 15.5 Å². The Morgan fingerprint density at radius 3 is 2.58 bits per heavy atom. The Morgan fingerprint density at radius 1 is 1.27 bits per heavy atom. The molecular formula is C21H34N4O. The summed E-state index contributed by atoms with van der Waals surface area (Å²) in [4.78, 5) is 18.8. The van der Waals surface area contributed by atoms with Crippen LogP contribution < -0.4 is 10.6 Å². The van der Waals surface area contributed by atoms with E-state index in [-0.39, 0.29) is 5.91 Å². The van der Waals surface area contributed by atoms with Crippen LogP contribution in [0, 0.1) is 5.92 Å². The SMILES string of the molecule is CCNC(=NCCC(C)c1ccccc1)N1CCC(CC(=O)NC)CC1. The average molecular weight is 359 g/mol. The van der Waals surface area contributed by atoms with Crippen LogP contribution in [-0.2, 0) is 4.79 Å². The van der Waals surface area contributed by atoms with E-state index in [0.29, 0.717) is 18.3 Å². The summed E-state index contributed by atoms with van der Waals surface area (Å²) >= 11 is 0. The van der Waals surface area contributed by atoms with Crippen LogP contribution in [-0.4, -0.2) is 50.0 Å². The van der Waals surface area contributed by atoms with Crippen LogP contribution >= 0.6 is 0 Å². The molecule has 0 radical (unpaired) electrons. The van der Waals surface area contributed by atoms with Crippen molar-refractivity contribution in [2.45, 2.75) is 45.4 Å². The van der Waals surface area contributed by atoms with E-state index in [1.54, 1.807) is 7.05 Å². The molecule has 1 heterocycles. The smallest absolute Gasteiger partial charge is 0.220 e. The molecule has 1 fully saturated rings. The first kappa shape index (κ1) is 20.3. The molecule has 144 valence electrons. The first-order valence-corrected chi connectivity index (χ1v) is 9.92. The van der Waals surface area contributed by atoms with E-state index >= 15 is 0 Å². The number of aliphatic imine (C=N–C) groups is 1. The number of carbonyl (C=O) groups excluding carboxylic acids is 1. The fraction of sp³-hybridized carbons (Fsp3) is 0.619. The van der Waals surface area contributed by atoms with E-state index in [2.05, 4.69) is 59.7 Å². The number of guanidine groups is 1. The molecule has 0 saturated carbocycles. The molecule has 2 N–H and O–H groups in total. The fourth-order valence-corrected chi connectivity index (χ4v) is 3.45. The maximum atomic E-state index is 11.6. The summed E-state index contributed by atoms with van der Waals surface area (Å²) in [7, 11) is 1.71. The van der Waals surface area contributed by atoms with Crippen molar-refractivity contribution in [3.63, 3.8) is 0 Å². The number of piperidine rings is 1. The van der Waals surface area contributed by atoms with Gasteiger partial charge in [-0.2, -0.15) is 0 Å². The number of hydrogen-bond donors (Lipinski definition) is 2. The third kappa shape index (κ3) is 6.36. The lowest BCUT2D eigenvalue weighted by Gasteiger charge is -2.34. The second kappa shape index (κ2) is 10.8. The van der Waals surface area contributed by atoms with Crippen molar-refractivity contribution in [3.8, 4) is 0 Å². The highest BCUT2D eigenvalue weighted by Crippen LogP contribution is 2.21. The average Bonchev–Trinajstić information content (AvgIpc) is 2.68. The van der Waals surface area contributed by atoms with Crippen LogP contribution in [0.5, 0.6) is 0 Å². The van der Waals surface area contributed by atoms with Gasteiger partial charge < -0.3 is 15.5 Å². The molecule has 1 aliphatic heterocycles. The van der Waals surface area contributed by atoms with Gasteiger partial charge in [0.05, 0.1) is 0 Å². The number of carbonyl (C=O) groups is 1. The van der Waals surface area contributed by atoms with Crippen molar-refractivity contribution in [2.24, 2.45) is 10.9 Å². The maximum absolute atomic E-state index is 11.6. The molecule has 1 atom stereocenters. The fourth-order valence-electron chi connectivity index (χ4n) is 3.45. The Hall–Kier alpha value is -2.04. The topological polar surface area (TPSA) is 56.7 Å². The summed E-state index contributed by atoms with van der Waals surface area (Å²) in [5, 5.41) is 6.16. The Morgan fingerprint density at radius 2 is 1.96 bits per heavy atom. The molecule has 1 aromatic carbocycles.